The lowest BCUT2D eigenvalue weighted by Gasteiger charge is -2.09. The number of amides is 2. The Labute approximate surface area is 146 Å². The van der Waals surface area contributed by atoms with E-state index >= 15 is 0 Å². The van der Waals surface area contributed by atoms with Crippen LogP contribution in [0, 0.1) is 12.7 Å². The zero-order chi connectivity index (χ0) is 18.3. The van der Waals surface area contributed by atoms with Gasteiger partial charge in [-0.2, -0.15) is 0 Å². The second-order valence-corrected chi connectivity index (χ2v) is 7.01. The summed E-state index contributed by atoms with van der Waals surface area (Å²) in [6.07, 6.45) is 0.468. The SMILES string of the molecule is Cc1ccc(S(=O)(=O)NC(=O)NCCCOc2ccc(F)cc2)cc1. The predicted molar refractivity (Wildman–Crippen MR) is 91.4 cm³/mol. The Kier molecular flexibility index (Phi) is 6.35. The van der Waals surface area contributed by atoms with Gasteiger partial charge in [-0.15, -0.1) is 0 Å². The van der Waals surface area contributed by atoms with E-state index in [0.717, 1.165) is 5.56 Å². The molecule has 0 aromatic heterocycles. The number of carbonyl (C=O) groups is 1. The summed E-state index contributed by atoms with van der Waals surface area (Å²) in [5.74, 6) is 0.174. The minimum atomic E-state index is -3.89. The zero-order valence-corrected chi connectivity index (χ0v) is 14.5. The molecular weight excluding hydrogens is 347 g/mol. The van der Waals surface area contributed by atoms with Gasteiger partial charge >= 0.3 is 6.03 Å². The molecule has 0 radical (unpaired) electrons. The molecule has 6 nitrogen and oxygen atoms in total. The van der Waals surface area contributed by atoms with Crippen molar-refractivity contribution in [3.8, 4) is 5.75 Å². The molecule has 0 aliphatic heterocycles. The number of aryl methyl sites for hydroxylation is 1. The Hall–Kier alpha value is -2.61. The molecule has 2 N–H and O–H groups in total. The molecule has 0 aliphatic rings. The number of rotatable bonds is 7. The highest BCUT2D eigenvalue weighted by Gasteiger charge is 2.16. The van der Waals surface area contributed by atoms with Gasteiger partial charge in [0.25, 0.3) is 10.0 Å². The molecule has 0 bridgehead atoms. The number of sulfonamides is 1. The van der Waals surface area contributed by atoms with Gasteiger partial charge in [-0.1, -0.05) is 17.7 Å². The second-order valence-electron chi connectivity index (χ2n) is 5.33. The van der Waals surface area contributed by atoms with Crippen LogP contribution < -0.4 is 14.8 Å². The number of halogens is 1. The van der Waals surface area contributed by atoms with E-state index in [4.69, 9.17) is 4.74 Å². The van der Waals surface area contributed by atoms with Crippen LogP contribution in [0.15, 0.2) is 53.4 Å². The fraction of sp³-hybridized carbons (Fsp3) is 0.235. The molecule has 0 unspecified atom stereocenters. The van der Waals surface area contributed by atoms with E-state index in [-0.39, 0.29) is 17.3 Å². The Bertz CT molecular complexity index is 806. The monoisotopic (exact) mass is 366 g/mol. The first kappa shape index (κ1) is 18.7. The highest BCUT2D eigenvalue weighted by Crippen LogP contribution is 2.11. The first-order chi connectivity index (χ1) is 11.9. The zero-order valence-electron chi connectivity index (χ0n) is 13.7. The molecule has 0 fully saturated rings. The van der Waals surface area contributed by atoms with Crippen molar-refractivity contribution in [3.63, 3.8) is 0 Å². The summed E-state index contributed by atoms with van der Waals surface area (Å²) in [5.41, 5.74) is 0.921. The lowest BCUT2D eigenvalue weighted by Crippen LogP contribution is -2.40. The average molecular weight is 366 g/mol. The predicted octanol–water partition coefficient (Wildman–Crippen LogP) is 2.59. The maximum Gasteiger partial charge on any atom is 0.328 e. The van der Waals surface area contributed by atoms with E-state index in [1.165, 1.54) is 36.4 Å². The van der Waals surface area contributed by atoms with Crippen LogP contribution in [0.3, 0.4) is 0 Å². The number of benzene rings is 2. The molecular formula is C17H19FN2O4S. The smallest absolute Gasteiger partial charge is 0.328 e. The Morgan fingerprint density at radius 1 is 1.08 bits per heavy atom. The summed E-state index contributed by atoms with van der Waals surface area (Å²) in [5, 5.41) is 2.45. The lowest BCUT2D eigenvalue weighted by molar-refractivity contribution is 0.244. The fourth-order valence-corrected chi connectivity index (χ4v) is 2.86. The minimum absolute atomic E-state index is 0.0212. The first-order valence-corrected chi connectivity index (χ1v) is 9.11. The van der Waals surface area contributed by atoms with Crippen molar-refractivity contribution < 1.29 is 22.3 Å². The topological polar surface area (TPSA) is 84.5 Å². The average Bonchev–Trinajstić information content (AvgIpc) is 2.56. The van der Waals surface area contributed by atoms with E-state index in [9.17, 15) is 17.6 Å². The van der Waals surface area contributed by atoms with Crippen molar-refractivity contribution in [1.29, 1.82) is 0 Å². The van der Waals surface area contributed by atoms with Crippen LogP contribution in [0.1, 0.15) is 12.0 Å². The summed E-state index contributed by atoms with van der Waals surface area (Å²) in [6, 6.07) is 10.9. The molecule has 2 aromatic rings. The summed E-state index contributed by atoms with van der Waals surface area (Å²) < 4.78 is 44.1. The van der Waals surface area contributed by atoms with Crippen LogP contribution in [0.25, 0.3) is 0 Å². The van der Waals surface area contributed by atoms with E-state index in [2.05, 4.69) is 5.32 Å². The number of hydrogen-bond donors (Lipinski definition) is 2. The molecule has 2 amide bonds. The number of urea groups is 1. The highest BCUT2D eigenvalue weighted by molar-refractivity contribution is 7.90. The Morgan fingerprint density at radius 2 is 1.72 bits per heavy atom. The van der Waals surface area contributed by atoms with Gasteiger partial charge in [0.05, 0.1) is 11.5 Å². The van der Waals surface area contributed by atoms with Crippen LogP contribution in [-0.2, 0) is 10.0 Å². The summed E-state index contributed by atoms with van der Waals surface area (Å²) in [4.78, 5) is 11.7. The van der Waals surface area contributed by atoms with E-state index in [1.807, 2.05) is 11.6 Å². The normalized spacial score (nSPS) is 11.0. The summed E-state index contributed by atoms with van der Waals surface area (Å²) >= 11 is 0. The van der Waals surface area contributed by atoms with Crippen molar-refractivity contribution in [3.05, 3.63) is 59.9 Å². The molecule has 0 saturated carbocycles. The quantitative estimate of drug-likeness (QED) is 0.738. The Balaban J connectivity index is 1.71. The maximum atomic E-state index is 12.7. The third kappa shape index (κ3) is 6.07. The van der Waals surface area contributed by atoms with Crippen molar-refractivity contribution in [2.75, 3.05) is 13.2 Å². The maximum absolute atomic E-state index is 12.7. The molecule has 25 heavy (non-hydrogen) atoms. The van der Waals surface area contributed by atoms with Gasteiger partial charge in [0.2, 0.25) is 0 Å². The summed E-state index contributed by atoms with van der Waals surface area (Å²) in [7, 11) is -3.89. The highest BCUT2D eigenvalue weighted by atomic mass is 32.2. The molecule has 0 saturated heterocycles. The molecule has 8 heteroatoms. The first-order valence-electron chi connectivity index (χ1n) is 7.62. The van der Waals surface area contributed by atoms with Crippen molar-refractivity contribution in [1.82, 2.24) is 10.0 Å². The fourth-order valence-electron chi connectivity index (χ4n) is 1.93. The van der Waals surface area contributed by atoms with Crippen LogP contribution >= 0.6 is 0 Å². The number of nitrogens with one attached hydrogen (secondary N) is 2. The number of ether oxygens (including phenoxy) is 1. The van der Waals surface area contributed by atoms with Gasteiger partial charge in [0.1, 0.15) is 11.6 Å². The van der Waals surface area contributed by atoms with Crippen LogP contribution in [0.4, 0.5) is 9.18 Å². The Morgan fingerprint density at radius 3 is 2.36 bits per heavy atom. The van der Waals surface area contributed by atoms with Gasteiger partial charge in [-0.3, -0.25) is 0 Å². The molecule has 0 atom stereocenters. The standard InChI is InChI=1S/C17H19FN2O4S/c1-13-3-9-16(10-4-13)25(22,23)20-17(21)19-11-2-12-24-15-7-5-14(18)6-8-15/h3-10H,2,11-12H2,1H3,(H2,19,20,21). The van der Waals surface area contributed by atoms with Crippen LogP contribution in [0.2, 0.25) is 0 Å². The van der Waals surface area contributed by atoms with E-state index in [0.29, 0.717) is 18.8 Å². The molecule has 0 aliphatic carbocycles. The van der Waals surface area contributed by atoms with Gasteiger partial charge in [-0.05, 0) is 49.7 Å². The molecule has 134 valence electrons. The van der Waals surface area contributed by atoms with Gasteiger partial charge in [0.15, 0.2) is 0 Å². The minimum Gasteiger partial charge on any atom is -0.494 e. The third-order valence-corrected chi connectivity index (χ3v) is 4.59. The van der Waals surface area contributed by atoms with Crippen LogP contribution in [0.5, 0.6) is 5.75 Å². The van der Waals surface area contributed by atoms with Crippen molar-refractivity contribution >= 4 is 16.1 Å². The van der Waals surface area contributed by atoms with E-state index < -0.39 is 16.1 Å². The van der Waals surface area contributed by atoms with Gasteiger partial charge in [0, 0.05) is 6.54 Å². The van der Waals surface area contributed by atoms with E-state index in [1.54, 1.807) is 12.1 Å². The molecule has 0 heterocycles. The van der Waals surface area contributed by atoms with Crippen molar-refractivity contribution in [2.45, 2.75) is 18.2 Å². The van der Waals surface area contributed by atoms with Gasteiger partial charge < -0.3 is 10.1 Å². The molecule has 0 spiro atoms. The third-order valence-electron chi connectivity index (χ3n) is 3.25. The van der Waals surface area contributed by atoms with Gasteiger partial charge in [-0.25, -0.2) is 22.3 Å². The number of hydrogen-bond acceptors (Lipinski definition) is 4. The summed E-state index contributed by atoms with van der Waals surface area (Å²) in [6.45, 7) is 2.37. The largest absolute Gasteiger partial charge is 0.494 e. The lowest BCUT2D eigenvalue weighted by atomic mass is 10.2. The second kappa shape index (κ2) is 8.48. The number of carbonyl (C=O) groups excluding carboxylic acids is 1. The van der Waals surface area contributed by atoms with Crippen molar-refractivity contribution in [2.24, 2.45) is 0 Å². The van der Waals surface area contributed by atoms with Crippen LogP contribution in [-0.4, -0.2) is 27.6 Å². The molecule has 2 rings (SSSR count). The molecule has 2 aromatic carbocycles.